The van der Waals surface area contributed by atoms with E-state index in [0.717, 1.165) is 6.54 Å². The molecule has 0 spiro atoms. The van der Waals surface area contributed by atoms with Crippen molar-refractivity contribution < 1.29 is 0 Å². The number of rotatable bonds is 5. The first kappa shape index (κ1) is 14.3. The van der Waals surface area contributed by atoms with E-state index < -0.39 is 0 Å². The largest absolute Gasteiger partial charge is 0.336 e. The SMILES string of the molecule is CC(NC(Cn1ccnc1)C(C)(C)C)c1ccsc1. The summed E-state index contributed by atoms with van der Waals surface area (Å²) in [5.74, 6) is 0. The molecule has 1 N–H and O–H groups in total. The molecular weight excluding hydrogens is 254 g/mol. The average molecular weight is 277 g/mol. The first-order valence-electron chi connectivity index (χ1n) is 6.70. The summed E-state index contributed by atoms with van der Waals surface area (Å²) in [5, 5.41) is 8.11. The maximum absolute atomic E-state index is 4.12. The molecule has 0 saturated carbocycles. The Morgan fingerprint density at radius 2 is 2.21 bits per heavy atom. The van der Waals surface area contributed by atoms with E-state index in [1.807, 2.05) is 18.7 Å². The summed E-state index contributed by atoms with van der Waals surface area (Å²) in [7, 11) is 0. The van der Waals surface area contributed by atoms with Gasteiger partial charge in [-0.05, 0) is 34.7 Å². The van der Waals surface area contributed by atoms with E-state index >= 15 is 0 Å². The Balaban J connectivity index is 2.06. The Morgan fingerprint density at radius 1 is 1.42 bits per heavy atom. The van der Waals surface area contributed by atoms with Crippen molar-refractivity contribution in [2.45, 2.75) is 46.3 Å². The van der Waals surface area contributed by atoms with Crippen molar-refractivity contribution in [3.63, 3.8) is 0 Å². The third-order valence-electron chi connectivity index (χ3n) is 3.49. The number of nitrogens with zero attached hydrogens (tertiary/aromatic N) is 2. The molecule has 104 valence electrons. The van der Waals surface area contributed by atoms with E-state index in [4.69, 9.17) is 0 Å². The number of thiophene rings is 1. The minimum atomic E-state index is 0.203. The second-order valence-corrected chi connectivity index (χ2v) is 6.90. The number of nitrogens with one attached hydrogen (secondary N) is 1. The predicted octanol–water partition coefficient (Wildman–Crippen LogP) is 3.71. The van der Waals surface area contributed by atoms with Crippen LogP contribution in [0.2, 0.25) is 0 Å². The van der Waals surface area contributed by atoms with Crippen LogP contribution < -0.4 is 5.32 Å². The highest BCUT2D eigenvalue weighted by Crippen LogP contribution is 2.25. The van der Waals surface area contributed by atoms with Crippen LogP contribution in [0.4, 0.5) is 0 Å². The van der Waals surface area contributed by atoms with Crippen LogP contribution in [0.1, 0.15) is 39.3 Å². The highest BCUT2D eigenvalue weighted by molar-refractivity contribution is 7.07. The van der Waals surface area contributed by atoms with Crippen molar-refractivity contribution in [1.29, 1.82) is 0 Å². The molecule has 0 aliphatic rings. The lowest BCUT2D eigenvalue weighted by Crippen LogP contribution is -2.44. The van der Waals surface area contributed by atoms with Crippen molar-refractivity contribution in [3.8, 4) is 0 Å². The summed E-state index contributed by atoms with van der Waals surface area (Å²) in [5.41, 5.74) is 1.57. The molecule has 2 atom stereocenters. The molecule has 2 unspecified atom stereocenters. The molecule has 2 aromatic rings. The van der Waals surface area contributed by atoms with Crippen LogP contribution in [0.5, 0.6) is 0 Å². The van der Waals surface area contributed by atoms with Gasteiger partial charge in [-0.3, -0.25) is 0 Å². The van der Waals surface area contributed by atoms with Crippen LogP contribution >= 0.6 is 11.3 Å². The fraction of sp³-hybridized carbons (Fsp3) is 0.533. The molecule has 0 fully saturated rings. The minimum absolute atomic E-state index is 0.203. The molecule has 0 amide bonds. The molecule has 2 aromatic heterocycles. The number of hydrogen-bond acceptors (Lipinski definition) is 3. The molecule has 0 bridgehead atoms. The Bertz CT molecular complexity index is 468. The molecule has 0 saturated heterocycles. The lowest BCUT2D eigenvalue weighted by molar-refractivity contribution is 0.226. The zero-order valence-corrected chi connectivity index (χ0v) is 12.9. The first-order valence-corrected chi connectivity index (χ1v) is 7.65. The monoisotopic (exact) mass is 277 g/mol. The first-order chi connectivity index (χ1) is 8.97. The van der Waals surface area contributed by atoms with Gasteiger partial charge in [-0.25, -0.2) is 4.98 Å². The molecule has 0 aliphatic heterocycles. The van der Waals surface area contributed by atoms with Crippen molar-refractivity contribution in [2.75, 3.05) is 0 Å². The molecule has 0 aromatic carbocycles. The molecule has 2 rings (SSSR count). The van der Waals surface area contributed by atoms with E-state index in [1.165, 1.54) is 5.56 Å². The van der Waals surface area contributed by atoms with Gasteiger partial charge in [0.1, 0.15) is 0 Å². The third kappa shape index (κ3) is 3.91. The number of imidazole rings is 1. The minimum Gasteiger partial charge on any atom is -0.336 e. The maximum atomic E-state index is 4.12. The Hall–Kier alpha value is -1.13. The van der Waals surface area contributed by atoms with Crippen LogP contribution in [-0.4, -0.2) is 15.6 Å². The third-order valence-corrected chi connectivity index (χ3v) is 4.19. The van der Waals surface area contributed by atoms with E-state index in [2.05, 4.69) is 59.4 Å². The number of aromatic nitrogens is 2. The van der Waals surface area contributed by atoms with Gasteiger partial charge in [0.15, 0.2) is 0 Å². The summed E-state index contributed by atoms with van der Waals surface area (Å²) in [6.07, 6.45) is 5.74. The predicted molar refractivity (Wildman–Crippen MR) is 81.3 cm³/mol. The van der Waals surface area contributed by atoms with Crippen LogP contribution in [0.25, 0.3) is 0 Å². The van der Waals surface area contributed by atoms with Gasteiger partial charge in [0, 0.05) is 31.0 Å². The molecule has 3 nitrogen and oxygen atoms in total. The fourth-order valence-electron chi connectivity index (χ4n) is 2.10. The standard InChI is InChI=1S/C15H23N3S/c1-12(13-5-8-19-10-13)17-14(15(2,3)4)9-18-7-6-16-11-18/h5-8,10-12,14,17H,9H2,1-4H3. The van der Waals surface area contributed by atoms with Gasteiger partial charge in [0.2, 0.25) is 0 Å². The number of hydrogen-bond donors (Lipinski definition) is 1. The Labute approximate surface area is 119 Å². The summed E-state index contributed by atoms with van der Waals surface area (Å²) in [6.45, 7) is 10.0. The zero-order valence-electron chi connectivity index (χ0n) is 12.1. The second kappa shape index (κ2) is 5.88. The quantitative estimate of drug-likeness (QED) is 0.903. The van der Waals surface area contributed by atoms with Gasteiger partial charge >= 0.3 is 0 Å². The van der Waals surface area contributed by atoms with Crippen molar-refractivity contribution in [3.05, 3.63) is 41.1 Å². The van der Waals surface area contributed by atoms with Gasteiger partial charge in [0.25, 0.3) is 0 Å². The summed E-state index contributed by atoms with van der Waals surface area (Å²) < 4.78 is 2.14. The Morgan fingerprint density at radius 3 is 2.74 bits per heavy atom. The molecular formula is C15H23N3S. The summed E-state index contributed by atoms with van der Waals surface area (Å²) >= 11 is 1.75. The van der Waals surface area contributed by atoms with Crippen molar-refractivity contribution in [2.24, 2.45) is 5.41 Å². The van der Waals surface area contributed by atoms with Crippen molar-refractivity contribution in [1.82, 2.24) is 14.9 Å². The van der Waals surface area contributed by atoms with Crippen LogP contribution in [0.3, 0.4) is 0 Å². The second-order valence-electron chi connectivity index (χ2n) is 6.12. The molecule has 4 heteroatoms. The molecule has 0 radical (unpaired) electrons. The van der Waals surface area contributed by atoms with E-state index in [1.54, 1.807) is 11.3 Å². The lowest BCUT2D eigenvalue weighted by Gasteiger charge is -2.34. The highest BCUT2D eigenvalue weighted by Gasteiger charge is 2.26. The maximum Gasteiger partial charge on any atom is 0.0946 e. The smallest absolute Gasteiger partial charge is 0.0946 e. The molecule has 2 heterocycles. The van der Waals surface area contributed by atoms with Gasteiger partial charge in [-0.1, -0.05) is 20.8 Å². The Kier molecular flexibility index (Phi) is 4.42. The summed E-state index contributed by atoms with van der Waals surface area (Å²) in [4.78, 5) is 4.12. The molecule has 0 aliphatic carbocycles. The van der Waals surface area contributed by atoms with Crippen LogP contribution in [0, 0.1) is 5.41 Å². The molecule has 19 heavy (non-hydrogen) atoms. The van der Waals surface area contributed by atoms with Crippen LogP contribution in [-0.2, 0) is 6.54 Å². The lowest BCUT2D eigenvalue weighted by atomic mass is 9.86. The van der Waals surface area contributed by atoms with Gasteiger partial charge < -0.3 is 9.88 Å². The van der Waals surface area contributed by atoms with E-state index in [0.29, 0.717) is 12.1 Å². The van der Waals surface area contributed by atoms with Crippen molar-refractivity contribution >= 4 is 11.3 Å². The van der Waals surface area contributed by atoms with Gasteiger partial charge in [-0.2, -0.15) is 11.3 Å². The van der Waals surface area contributed by atoms with E-state index in [-0.39, 0.29) is 5.41 Å². The van der Waals surface area contributed by atoms with E-state index in [9.17, 15) is 0 Å². The topological polar surface area (TPSA) is 29.9 Å². The van der Waals surface area contributed by atoms with Gasteiger partial charge in [0.05, 0.1) is 6.33 Å². The average Bonchev–Trinajstić information content (AvgIpc) is 2.99. The highest BCUT2D eigenvalue weighted by atomic mass is 32.1. The van der Waals surface area contributed by atoms with Crippen LogP contribution in [0.15, 0.2) is 35.5 Å². The summed E-state index contributed by atoms with van der Waals surface area (Å²) in [6, 6.07) is 2.97. The van der Waals surface area contributed by atoms with Gasteiger partial charge in [-0.15, -0.1) is 0 Å². The zero-order chi connectivity index (χ0) is 13.9. The fourth-order valence-corrected chi connectivity index (χ4v) is 2.86. The normalized spacial score (nSPS) is 15.4.